The summed E-state index contributed by atoms with van der Waals surface area (Å²) in [5.41, 5.74) is 1.67. The van der Waals surface area contributed by atoms with E-state index in [4.69, 9.17) is 44.3 Å². The second kappa shape index (κ2) is 6.35. The van der Waals surface area contributed by atoms with E-state index >= 15 is 0 Å². The summed E-state index contributed by atoms with van der Waals surface area (Å²) in [4.78, 5) is 0. The van der Waals surface area contributed by atoms with Gasteiger partial charge in [-0.15, -0.1) is 11.6 Å². The summed E-state index contributed by atoms with van der Waals surface area (Å²) in [5.74, 6) is 1.46. The van der Waals surface area contributed by atoms with Crippen molar-refractivity contribution in [3.8, 4) is 11.5 Å². The van der Waals surface area contributed by atoms with Crippen LogP contribution in [0.2, 0.25) is 10.0 Å². The summed E-state index contributed by atoms with van der Waals surface area (Å²) < 4.78 is 11.3. The van der Waals surface area contributed by atoms with Crippen LogP contribution in [0.5, 0.6) is 11.5 Å². The number of hydrogen-bond acceptors (Lipinski definition) is 2. The van der Waals surface area contributed by atoms with Crippen LogP contribution in [0.25, 0.3) is 0 Å². The van der Waals surface area contributed by atoms with Gasteiger partial charge in [0.25, 0.3) is 0 Å². The largest absolute Gasteiger partial charge is 0.490 e. The molecule has 1 aliphatic rings. The molecule has 2 aromatic carbocycles. The molecule has 0 amide bonds. The van der Waals surface area contributed by atoms with Gasteiger partial charge in [0.1, 0.15) is 0 Å². The Morgan fingerprint density at radius 2 is 1.71 bits per heavy atom. The molecule has 3 rings (SSSR count). The predicted molar refractivity (Wildman–Crippen MR) is 86.2 cm³/mol. The van der Waals surface area contributed by atoms with Crippen LogP contribution in [0, 0.1) is 0 Å². The minimum atomic E-state index is -0.395. The number of rotatable bonds is 2. The Kier molecular flexibility index (Phi) is 4.48. The molecular formula is C16H13Cl3O2. The van der Waals surface area contributed by atoms with Crippen molar-refractivity contribution >= 4 is 34.8 Å². The van der Waals surface area contributed by atoms with Crippen LogP contribution in [0.15, 0.2) is 36.4 Å². The van der Waals surface area contributed by atoms with E-state index in [1.165, 1.54) is 0 Å². The summed E-state index contributed by atoms with van der Waals surface area (Å²) in [6, 6.07) is 11.1. The van der Waals surface area contributed by atoms with Gasteiger partial charge in [-0.2, -0.15) is 0 Å². The van der Waals surface area contributed by atoms with Gasteiger partial charge in [0.15, 0.2) is 11.5 Å². The summed E-state index contributed by atoms with van der Waals surface area (Å²) in [7, 11) is 0. The molecule has 0 N–H and O–H groups in total. The first-order chi connectivity index (χ1) is 10.2. The first kappa shape index (κ1) is 14.8. The van der Waals surface area contributed by atoms with Crippen molar-refractivity contribution < 1.29 is 9.47 Å². The van der Waals surface area contributed by atoms with Crippen LogP contribution in [0.4, 0.5) is 0 Å². The lowest BCUT2D eigenvalue weighted by Gasteiger charge is -2.15. The average molecular weight is 344 g/mol. The Balaban J connectivity index is 1.96. The first-order valence-corrected chi connectivity index (χ1v) is 7.83. The minimum Gasteiger partial charge on any atom is -0.490 e. The molecule has 2 aromatic rings. The molecule has 0 spiro atoms. The number of hydrogen-bond donors (Lipinski definition) is 0. The molecule has 1 aliphatic heterocycles. The van der Waals surface area contributed by atoms with Crippen LogP contribution in [-0.2, 0) is 0 Å². The summed E-state index contributed by atoms with van der Waals surface area (Å²) in [5, 5.41) is 0.578. The summed E-state index contributed by atoms with van der Waals surface area (Å²) >= 11 is 18.8. The van der Waals surface area contributed by atoms with E-state index in [1.54, 1.807) is 6.07 Å². The van der Waals surface area contributed by atoms with E-state index in [1.807, 2.05) is 30.3 Å². The molecule has 0 saturated carbocycles. The maximum atomic E-state index is 6.55. The zero-order valence-corrected chi connectivity index (χ0v) is 13.4. The molecule has 1 unspecified atom stereocenters. The Labute approximate surface area is 138 Å². The van der Waals surface area contributed by atoms with Gasteiger partial charge in [0, 0.05) is 6.42 Å². The van der Waals surface area contributed by atoms with Gasteiger partial charge in [0.05, 0.1) is 28.6 Å². The molecule has 0 radical (unpaired) electrons. The van der Waals surface area contributed by atoms with Crippen LogP contribution < -0.4 is 9.47 Å². The second-order valence-electron chi connectivity index (χ2n) is 4.76. The maximum Gasteiger partial charge on any atom is 0.161 e. The van der Waals surface area contributed by atoms with Crippen LogP contribution in [-0.4, -0.2) is 13.2 Å². The molecule has 1 heterocycles. The van der Waals surface area contributed by atoms with Crippen LogP contribution >= 0.6 is 34.8 Å². The molecule has 0 saturated heterocycles. The molecule has 5 heteroatoms. The summed E-state index contributed by atoms with van der Waals surface area (Å²) in [6.45, 7) is 1.30. The van der Waals surface area contributed by atoms with Crippen molar-refractivity contribution in [3.63, 3.8) is 0 Å². The molecule has 21 heavy (non-hydrogen) atoms. The number of alkyl halides is 1. The molecule has 0 fully saturated rings. The molecule has 0 bridgehead atoms. The highest BCUT2D eigenvalue weighted by Gasteiger charge is 2.19. The van der Waals surface area contributed by atoms with Crippen molar-refractivity contribution in [2.75, 3.05) is 13.2 Å². The maximum absolute atomic E-state index is 6.55. The number of benzene rings is 2. The molecular weight excluding hydrogens is 331 g/mol. The van der Waals surface area contributed by atoms with Crippen molar-refractivity contribution in [1.82, 2.24) is 0 Å². The van der Waals surface area contributed by atoms with Crippen LogP contribution in [0.3, 0.4) is 0 Å². The number of fused-ring (bicyclic) bond motifs is 1. The Morgan fingerprint density at radius 3 is 2.52 bits per heavy atom. The lowest BCUT2D eigenvalue weighted by atomic mass is 10.0. The fourth-order valence-corrected chi connectivity index (χ4v) is 3.02. The quantitative estimate of drug-likeness (QED) is 0.672. The van der Waals surface area contributed by atoms with Gasteiger partial charge in [-0.05, 0) is 29.3 Å². The fraction of sp³-hybridized carbons (Fsp3) is 0.250. The van der Waals surface area contributed by atoms with Gasteiger partial charge >= 0.3 is 0 Å². The predicted octanol–water partition coefficient (Wildman–Crippen LogP) is 5.48. The average Bonchev–Trinajstić information content (AvgIpc) is 2.74. The lowest BCUT2D eigenvalue weighted by Crippen LogP contribution is -1.98. The van der Waals surface area contributed by atoms with Crippen molar-refractivity contribution in [2.24, 2.45) is 0 Å². The molecule has 0 aliphatic carbocycles. The highest BCUT2D eigenvalue weighted by Crippen LogP contribution is 2.40. The Morgan fingerprint density at radius 1 is 0.952 bits per heavy atom. The van der Waals surface area contributed by atoms with E-state index in [9.17, 15) is 0 Å². The van der Waals surface area contributed by atoms with Gasteiger partial charge in [-0.25, -0.2) is 0 Å². The third-order valence-corrected chi connectivity index (χ3v) is 4.64. The number of ether oxygens (including phenoxy) is 2. The van der Waals surface area contributed by atoms with Gasteiger partial charge in [-0.1, -0.05) is 41.4 Å². The van der Waals surface area contributed by atoms with E-state index in [-0.39, 0.29) is 0 Å². The first-order valence-electron chi connectivity index (χ1n) is 6.64. The van der Waals surface area contributed by atoms with E-state index in [0.29, 0.717) is 29.0 Å². The zero-order valence-electron chi connectivity index (χ0n) is 11.1. The monoisotopic (exact) mass is 342 g/mol. The third kappa shape index (κ3) is 3.08. The van der Waals surface area contributed by atoms with Gasteiger partial charge < -0.3 is 9.47 Å². The standard InChI is InChI=1S/C16H13Cl3O2/c17-12-4-1-3-11(16(12)19)15(18)10-5-6-13-14(9-10)21-8-2-7-20-13/h1,3-6,9,15H,2,7-8H2. The summed E-state index contributed by atoms with van der Waals surface area (Å²) in [6.07, 6.45) is 0.869. The highest BCUT2D eigenvalue weighted by atomic mass is 35.5. The van der Waals surface area contributed by atoms with E-state index in [2.05, 4.69) is 0 Å². The molecule has 2 nitrogen and oxygen atoms in total. The molecule has 110 valence electrons. The van der Waals surface area contributed by atoms with Crippen LogP contribution in [0.1, 0.15) is 22.9 Å². The highest BCUT2D eigenvalue weighted by molar-refractivity contribution is 6.43. The second-order valence-corrected chi connectivity index (χ2v) is 5.98. The topological polar surface area (TPSA) is 18.5 Å². The third-order valence-electron chi connectivity index (χ3n) is 3.32. The molecule has 0 aromatic heterocycles. The smallest absolute Gasteiger partial charge is 0.161 e. The zero-order chi connectivity index (χ0) is 14.8. The minimum absolute atomic E-state index is 0.395. The molecule has 1 atom stereocenters. The normalized spacial score (nSPS) is 15.4. The fourth-order valence-electron chi connectivity index (χ4n) is 2.23. The SMILES string of the molecule is Clc1cccc(C(Cl)c2ccc3c(c2)OCCCO3)c1Cl. The Bertz CT molecular complexity index is 658. The van der Waals surface area contributed by atoms with Crippen molar-refractivity contribution in [1.29, 1.82) is 0 Å². The van der Waals surface area contributed by atoms with Crippen molar-refractivity contribution in [2.45, 2.75) is 11.8 Å². The number of halogens is 3. The Hall–Kier alpha value is -1.09. The van der Waals surface area contributed by atoms with Gasteiger partial charge in [-0.3, -0.25) is 0 Å². The van der Waals surface area contributed by atoms with Gasteiger partial charge in [0.2, 0.25) is 0 Å². The lowest BCUT2D eigenvalue weighted by molar-refractivity contribution is 0.297. The van der Waals surface area contributed by atoms with Crippen molar-refractivity contribution in [3.05, 3.63) is 57.6 Å². The van der Waals surface area contributed by atoms with E-state index < -0.39 is 5.38 Å². The van der Waals surface area contributed by atoms with E-state index in [0.717, 1.165) is 23.3 Å².